The lowest BCUT2D eigenvalue weighted by Crippen LogP contribution is -2.13. The molecule has 0 unspecified atom stereocenters. The maximum absolute atomic E-state index is 12.2. The highest BCUT2D eigenvalue weighted by molar-refractivity contribution is 6.30. The molecule has 0 heterocycles. The number of nitrogens with two attached hydrogens (primary N) is 1. The zero-order valence-electron chi connectivity index (χ0n) is 6.85. The van der Waals surface area contributed by atoms with Crippen LogP contribution in [0, 0.1) is 6.92 Å². The summed E-state index contributed by atoms with van der Waals surface area (Å²) in [6.07, 6.45) is 0. The number of rotatable bonds is 2. The third-order valence-corrected chi connectivity index (χ3v) is 2.03. The summed E-state index contributed by atoms with van der Waals surface area (Å²) in [7, 11) is 0. The van der Waals surface area contributed by atoms with E-state index in [1.54, 1.807) is 18.2 Å². The molecule has 1 nitrogen and oxygen atoms in total. The van der Waals surface area contributed by atoms with Gasteiger partial charge in [0.05, 0.1) is 6.04 Å². The number of hydrogen-bond acceptors (Lipinski definition) is 1. The molecular formula is C9H11ClFN. The van der Waals surface area contributed by atoms with Crippen LogP contribution in [0.15, 0.2) is 18.2 Å². The first-order valence-electron chi connectivity index (χ1n) is 3.72. The fraction of sp³-hybridized carbons (Fsp3) is 0.333. The van der Waals surface area contributed by atoms with Crippen molar-refractivity contribution in [2.45, 2.75) is 13.0 Å². The topological polar surface area (TPSA) is 26.0 Å². The van der Waals surface area contributed by atoms with Gasteiger partial charge in [-0.15, -0.1) is 0 Å². The molecule has 0 aliphatic rings. The smallest absolute Gasteiger partial charge is 0.109 e. The summed E-state index contributed by atoms with van der Waals surface area (Å²) in [4.78, 5) is 0. The van der Waals surface area contributed by atoms with Gasteiger partial charge in [-0.2, -0.15) is 0 Å². The molecule has 2 N–H and O–H groups in total. The van der Waals surface area contributed by atoms with Crippen LogP contribution in [-0.2, 0) is 0 Å². The van der Waals surface area contributed by atoms with Crippen molar-refractivity contribution in [1.82, 2.24) is 0 Å². The van der Waals surface area contributed by atoms with Gasteiger partial charge in [0.1, 0.15) is 6.67 Å². The second-order valence-corrected chi connectivity index (χ2v) is 3.20. The molecule has 0 saturated carbocycles. The van der Waals surface area contributed by atoms with Crippen molar-refractivity contribution in [1.29, 1.82) is 0 Å². The molecule has 1 aromatic carbocycles. The summed E-state index contributed by atoms with van der Waals surface area (Å²) in [6, 6.07) is 4.75. The van der Waals surface area contributed by atoms with E-state index >= 15 is 0 Å². The van der Waals surface area contributed by atoms with Gasteiger partial charge in [-0.05, 0) is 30.2 Å². The maximum atomic E-state index is 12.2. The van der Waals surface area contributed by atoms with Crippen LogP contribution in [0.25, 0.3) is 0 Å². The number of halogens is 2. The Kier molecular flexibility index (Phi) is 3.06. The molecule has 0 aliphatic heterocycles. The molecule has 0 fully saturated rings. The van der Waals surface area contributed by atoms with Crippen LogP contribution in [0.4, 0.5) is 4.39 Å². The van der Waals surface area contributed by atoms with Gasteiger partial charge in [0.25, 0.3) is 0 Å². The lowest BCUT2D eigenvalue weighted by molar-refractivity contribution is 0.436. The molecule has 66 valence electrons. The molecule has 0 aromatic heterocycles. The number of hydrogen-bond donors (Lipinski definition) is 1. The van der Waals surface area contributed by atoms with Crippen molar-refractivity contribution in [3.63, 3.8) is 0 Å². The van der Waals surface area contributed by atoms with Crippen molar-refractivity contribution in [3.8, 4) is 0 Å². The van der Waals surface area contributed by atoms with Crippen LogP contribution >= 0.6 is 11.6 Å². The van der Waals surface area contributed by atoms with E-state index in [4.69, 9.17) is 17.3 Å². The first-order chi connectivity index (χ1) is 5.65. The van der Waals surface area contributed by atoms with E-state index in [-0.39, 0.29) is 0 Å². The quantitative estimate of drug-likeness (QED) is 0.757. The number of aryl methyl sites for hydroxylation is 1. The van der Waals surface area contributed by atoms with E-state index in [1.807, 2.05) is 6.92 Å². The lowest BCUT2D eigenvalue weighted by atomic mass is 10.0. The summed E-state index contributed by atoms with van der Waals surface area (Å²) in [5.41, 5.74) is 7.29. The standard InChI is InChI=1S/C9H11ClFN/c1-6-4-7(10)2-3-8(6)9(12)5-11/h2-4,9H,5,12H2,1H3/t9-/m1/s1. The molecular weight excluding hydrogens is 177 g/mol. The molecule has 0 radical (unpaired) electrons. The second kappa shape index (κ2) is 3.87. The van der Waals surface area contributed by atoms with Gasteiger partial charge in [-0.3, -0.25) is 0 Å². The van der Waals surface area contributed by atoms with E-state index in [2.05, 4.69) is 0 Å². The lowest BCUT2D eigenvalue weighted by Gasteiger charge is -2.10. The van der Waals surface area contributed by atoms with Gasteiger partial charge in [0.2, 0.25) is 0 Å². The molecule has 0 bridgehead atoms. The summed E-state index contributed by atoms with van der Waals surface area (Å²) in [6.45, 7) is 1.33. The van der Waals surface area contributed by atoms with Gasteiger partial charge < -0.3 is 5.73 Å². The third-order valence-electron chi connectivity index (χ3n) is 1.80. The minimum atomic E-state index is -0.539. The van der Waals surface area contributed by atoms with Crippen LogP contribution in [0.3, 0.4) is 0 Å². The van der Waals surface area contributed by atoms with Gasteiger partial charge in [-0.25, -0.2) is 4.39 Å². The second-order valence-electron chi connectivity index (χ2n) is 2.76. The zero-order chi connectivity index (χ0) is 9.14. The van der Waals surface area contributed by atoms with Gasteiger partial charge in [0.15, 0.2) is 0 Å². The molecule has 1 atom stereocenters. The Morgan fingerprint density at radius 3 is 2.75 bits per heavy atom. The minimum Gasteiger partial charge on any atom is -0.322 e. The van der Waals surface area contributed by atoms with Crippen LogP contribution in [-0.4, -0.2) is 6.67 Å². The average Bonchev–Trinajstić information content (AvgIpc) is 2.03. The molecule has 12 heavy (non-hydrogen) atoms. The van der Waals surface area contributed by atoms with Gasteiger partial charge in [-0.1, -0.05) is 17.7 Å². The Bertz CT molecular complexity index is 275. The molecule has 0 aliphatic carbocycles. The molecule has 0 saturated heterocycles. The van der Waals surface area contributed by atoms with Gasteiger partial charge >= 0.3 is 0 Å². The van der Waals surface area contributed by atoms with Crippen molar-refractivity contribution in [2.24, 2.45) is 5.73 Å². The van der Waals surface area contributed by atoms with E-state index < -0.39 is 12.7 Å². The van der Waals surface area contributed by atoms with E-state index in [0.29, 0.717) is 5.02 Å². The Hall–Kier alpha value is -0.600. The Morgan fingerprint density at radius 2 is 2.25 bits per heavy atom. The fourth-order valence-corrected chi connectivity index (χ4v) is 1.36. The third kappa shape index (κ3) is 1.96. The zero-order valence-corrected chi connectivity index (χ0v) is 7.61. The maximum Gasteiger partial charge on any atom is 0.109 e. The minimum absolute atomic E-state index is 0.526. The largest absolute Gasteiger partial charge is 0.322 e. The van der Waals surface area contributed by atoms with Crippen LogP contribution in [0.1, 0.15) is 17.2 Å². The van der Waals surface area contributed by atoms with Crippen LogP contribution in [0.2, 0.25) is 5.02 Å². The molecule has 1 rings (SSSR count). The summed E-state index contributed by atoms with van der Waals surface area (Å²) >= 11 is 5.73. The predicted octanol–water partition coefficient (Wildman–Crippen LogP) is 2.62. The highest BCUT2D eigenvalue weighted by Gasteiger charge is 2.07. The van der Waals surface area contributed by atoms with Crippen molar-refractivity contribution < 1.29 is 4.39 Å². The van der Waals surface area contributed by atoms with Crippen LogP contribution < -0.4 is 5.73 Å². The van der Waals surface area contributed by atoms with Crippen molar-refractivity contribution >= 4 is 11.6 Å². The molecule has 3 heteroatoms. The van der Waals surface area contributed by atoms with Crippen LogP contribution in [0.5, 0.6) is 0 Å². The Labute approximate surface area is 76.3 Å². The predicted molar refractivity (Wildman–Crippen MR) is 49.1 cm³/mol. The summed E-state index contributed by atoms with van der Waals surface area (Å²) in [5.74, 6) is 0. The average molecular weight is 188 g/mol. The normalized spacial score (nSPS) is 13.0. The van der Waals surface area contributed by atoms with E-state index in [1.165, 1.54) is 0 Å². The summed E-state index contributed by atoms with van der Waals surface area (Å²) < 4.78 is 12.2. The summed E-state index contributed by atoms with van der Waals surface area (Å²) in [5, 5.41) is 0.655. The first-order valence-corrected chi connectivity index (χ1v) is 4.10. The SMILES string of the molecule is Cc1cc(Cl)ccc1[C@H](N)CF. The van der Waals surface area contributed by atoms with Crippen molar-refractivity contribution in [2.75, 3.05) is 6.67 Å². The molecule has 0 spiro atoms. The number of alkyl halides is 1. The monoisotopic (exact) mass is 187 g/mol. The Morgan fingerprint density at radius 1 is 1.58 bits per heavy atom. The van der Waals surface area contributed by atoms with E-state index in [0.717, 1.165) is 11.1 Å². The highest BCUT2D eigenvalue weighted by atomic mass is 35.5. The van der Waals surface area contributed by atoms with Crippen molar-refractivity contribution in [3.05, 3.63) is 34.3 Å². The fourth-order valence-electron chi connectivity index (χ4n) is 1.14. The Balaban J connectivity index is 3.01. The highest BCUT2D eigenvalue weighted by Crippen LogP contribution is 2.19. The molecule has 0 amide bonds. The van der Waals surface area contributed by atoms with Gasteiger partial charge in [0, 0.05) is 5.02 Å². The van der Waals surface area contributed by atoms with E-state index in [9.17, 15) is 4.39 Å². The first kappa shape index (κ1) is 9.49. The molecule has 1 aromatic rings. The number of benzene rings is 1.